The first kappa shape index (κ1) is 9.75. The summed E-state index contributed by atoms with van der Waals surface area (Å²) in [7, 11) is 0. The van der Waals surface area contributed by atoms with E-state index in [2.05, 4.69) is 11.5 Å². The summed E-state index contributed by atoms with van der Waals surface area (Å²) in [5.41, 5.74) is 0. The number of rotatable bonds is 4. The van der Waals surface area contributed by atoms with Gasteiger partial charge in [0.25, 0.3) is 0 Å². The van der Waals surface area contributed by atoms with Crippen molar-refractivity contribution in [2.75, 3.05) is 19.7 Å². The zero-order valence-electron chi connectivity index (χ0n) is 7.71. The van der Waals surface area contributed by atoms with Gasteiger partial charge in [0.15, 0.2) is 0 Å². The van der Waals surface area contributed by atoms with Crippen LogP contribution in [0.4, 0.5) is 0 Å². The highest BCUT2D eigenvalue weighted by atomic mass is 16.3. The van der Waals surface area contributed by atoms with Gasteiger partial charge in [0.2, 0.25) is 0 Å². The second-order valence-electron chi connectivity index (χ2n) is 3.45. The van der Waals surface area contributed by atoms with Crippen LogP contribution in [0.5, 0.6) is 0 Å². The summed E-state index contributed by atoms with van der Waals surface area (Å²) < 4.78 is 0. The van der Waals surface area contributed by atoms with Crippen LogP contribution in [0.15, 0.2) is 12.7 Å². The van der Waals surface area contributed by atoms with Crippen LogP contribution in [-0.2, 0) is 0 Å². The molecule has 0 aromatic heterocycles. The van der Waals surface area contributed by atoms with E-state index in [4.69, 9.17) is 5.11 Å². The summed E-state index contributed by atoms with van der Waals surface area (Å²) in [4.78, 5) is 2.42. The molecule has 12 heavy (non-hydrogen) atoms. The topological polar surface area (TPSA) is 23.5 Å². The van der Waals surface area contributed by atoms with Crippen LogP contribution in [0.3, 0.4) is 0 Å². The number of nitrogens with zero attached hydrogens (tertiary/aromatic N) is 1. The lowest BCUT2D eigenvalue weighted by Gasteiger charge is -2.34. The molecule has 0 bridgehead atoms. The normalized spacial score (nSPS) is 25.6. The summed E-state index contributed by atoms with van der Waals surface area (Å²) >= 11 is 0. The molecule has 2 nitrogen and oxygen atoms in total. The van der Waals surface area contributed by atoms with Gasteiger partial charge in [-0.05, 0) is 25.8 Å². The number of aliphatic hydroxyl groups is 1. The first-order valence-corrected chi connectivity index (χ1v) is 4.84. The van der Waals surface area contributed by atoms with E-state index in [0.29, 0.717) is 12.6 Å². The van der Waals surface area contributed by atoms with Crippen LogP contribution in [0.25, 0.3) is 0 Å². The van der Waals surface area contributed by atoms with Crippen LogP contribution in [-0.4, -0.2) is 35.7 Å². The fraction of sp³-hybridized carbons (Fsp3) is 0.800. The summed E-state index contributed by atoms with van der Waals surface area (Å²) in [6, 6.07) is 0.599. The number of piperidine rings is 1. The van der Waals surface area contributed by atoms with Gasteiger partial charge >= 0.3 is 0 Å². The van der Waals surface area contributed by atoms with Crippen molar-refractivity contribution >= 4 is 0 Å². The Morgan fingerprint density at radius 1 is 1.50 bits per heavy atom. The monoisotopic (exact) mass is 169 g/mol. The summed E-state index contributed by atoms with van der Waals surface area (Å²) in [5, 5.41) is 8.85. The largest absolute Gasteiger partial charge is 0.396 e. The third-order valence-electron chi connectivity index (χ3n) is 2.58. The maximum Gasteiger partial charge on any atom is 0.0445 e. The van der Waals surface area contributed by atoms with E-state index in [-0.39, 0.29) is 0 Å². The molecule has 1 atom stereocenters. The predicted molar refractivity (Wildman–Crippen MR) is 51.1 cm³/mol. The third-order valence-corrected chi connectivity index (χ3v) is 2.58. The smallest absolute Gasteiger partial charge is 0.0445 e. The van der Waals surface area contributed by atoms with Crippen LogP contribution in [0, 0.1) is 0 Å². The molecule has 1 aliphatic rings. The lowest BCUT2D eigenvalue weighted by atomic mass is 10.00. The van der Waals surface area contributed by atoms with Gasteiger partial charge in [0, 0.05) is 19.2 Å². The zero-order valence-corrected chi connectivity index (χ0v) is 7.71. The molecule has 0 saturated carbocycles. The SMILES string of the molecule is C=CCN1CCCCC1CCO. The Kier molecular flexibility index (Phi) is 4.33. The van der Waals surface area contributed by atoms with Gasteiger partial charge < -0.3 is 5.11 Å². The van der Waals surface area contributed by atoms with Crippen LogP contribution >= 0.6 is 0 Å². The molecule has 1 rings (SSSR count). The Morgan fingerprint density at radius 3 is 3.00 bits per heavy atom. The van der Waals surface area contributed by atoms with Gasteiger partial charge in [-0.1, -0.05) is 12.5 Å². The Morgan fingerprint density at radius 2 is 2.33 bits per heavy atom. The van der Waals surface area contributed by atoms with E-state index >= 15 is 0 Å². The first-order valence-electron chi connectivity index (χ1n) is 4.84. The lowest BCUT2D eigenvalue weighted by Crippen LogP contribution is -2.39. The number of aliphatic hydroxyl groups excluding tert-OH is 1. The molecule has 0 spiro atoms. The molecule has 0 radical (unpaired) electrons. The van der Waals surface area contributed by atoms with Gasteiger partial charge in [0.1, 0.15) is 0 Å². The minimum Gasteiger partial charge on any atom is -0.396 e. The molecular formula is C10H19NO. The van der Waals surface area contributed by atoms with Crippen molar-refractivity contribution in [3.63, 3.8) is 0 Å². The lowest BCUT2D eigenvalue weighted by molar-refractivity contribution is 0.132. The molecule has 0 aromatic carbocycles. The molecule has 1 heterocycles. The van der Waals surface area contributed by atoms with Gasteiger partial charge in [-0.3, -0.25) is 4.90 Å². The molecule has 1 N–H and O–H groups in total. The van der Waals surface area contributed by atoms with Crippen molar-refractivity contribution in [2.45, 2.75) is 31.7 Å². The quantitative estimate of drug-likeness (QED) is 0.643. The second kappa shape index (κ2) is 5.33. The van der Waals surface area contributed by atoms with Crippen LogP contribution < -0.4 is 0 Å². The van der Waals surface area contributed by atoms with E-state index < -0.39 is 0 Å². The third kappa shape index (κ3) is 2.61. The molecule has 0 aliphatic carbocycles. The summed E-state index contributed by atoms with van der Waals surface area (Å²) in [5.74, 6) is 0. The minimum atomic E-state index is 0.318. The van der Waals surface area contributed by atoms with Crippen molar-refractivity contribution in [3.8, 4) is 0 Å². The highest BCUT2D eigenvalue weighted by Gasteiger charge is 2.19. The molecule has 0 aromatic rings. The molecule has 1 unspecified atom stereocenters. The van der Waals surface area contributed by atoms with Crippen molar-refractivity contribution in [1.29, 1.82) is 0 Å². The molecular weight excluding hydrogens is 150 g/mol. The van der Waals surface area contributed by atoms with Crippen LogP contribution in [0.2, 0.25) is 0 Å². The van der Waals surface area contributed by atoms with Crippen molar-refractivity contribution in [2.24, 2.45) is 0 Å². The molecule has 1 saturated heterocycles. The van der Waals surface area contributed by atoms with Gasteiger partial charge in [-0.2, -0.15) is 0 Å². The van der Waals surface area contributed by atoms with E-state index in [9.17, 15) is 0 Å². The Balaban J connectivity index is 2.36. The van der Waals surface area contributed by atoms with E-state index in [1.165, 1.54) is 25.8 Å². The fourth-order valence-corrected chi connectivity index (χ4v) is 1.94. The predicted octanol–water partition coefficient (Wildman–Crippen LogP) is 1.41. The number of hydrogen-bond acceptors (Lipinski definition) is 2. The highest BCUT2D eigenvalue weighted by molar-refractivity contribution is 4.82. The molecule has 2 heteroatoms. The Bertz CT molecular complexity index is 134. The molecule has 70 valence electrons. The maximum atomic E-state index is 8.85. The van der Waals surface area contributed by atoms with Crippen molar-refractivity contribution < 1.29 is 5.11 Å². The number of hydrogen-bond donors (Lipinski definition) is 1. The van der Waals surface area contributed by atoms with Crippen molar-refractivity contribution in [1.82, 2.24) is 4.90 Å². The minimum absolute atomic E-state index is 0.318. The molecule has 0 amide bonds. The second-order valence-corrected chi connectivity index (χ2v) is 3.45. The van der Waals surface area contributed by atoms with Crippen molar-refractivity contribution in [3.05, 3.63) is 12.7 Å². The first-order chi connectivity index (χ1) is 5.88. The molecule has 1 fully saturated rings. The summed E-state index contributed by atoms with van der Waals surface area (Å²) in [6.45, 7) is 6.22. The summed E-state index contributed by atoms with van der Waals surface area (Å²) in [6.07, 6.45) is 6.74. The average Bonchev–Trinajstić information content (AvgIpc) is 2.09. The highest BCUT2D eigenvalue weighted by Crippen LogP contribution is 2.18. The van der Waals surface area contributed by atoms with E-state index in [0.717, 1.165) is 13.0 Å². The van der Waals surface area contributed by atoms with Gasteiger partial charge in [-0.25, -0.2) is 0 Å². The zero-order chi connectivity index (χ0) is 8.81. The standard InChI is InChI=1S/C10H19NO/c1-2-7-11-8-4-3-5-10(11)6-9-12/h2,10,12H,1,3-9H2. The average molecular weight is 169 g/mol. The molecule has 1 aliphatic heterocycles. The Hall–Kier alpha value is -0.340. The van der Waals surface area contributed by atoms with Gasteiger partial charge in [-0.15, -0.1) is 6.58 Å². The van der Waals surface area contributed by atoms with E-state index in [1.54, 1.807) is 0 Å². The van der Waals surface area contributed by atoms with Crippen LogP contribution in [0.1, 0.15) is 25.7 Å². The Labute approximate surface area is 74.9 Å². The maximum absolute atomic E-state index is 8.85. The van der Waals surface area contributed by atoms with E-state index in [1.807, 2.05) is 6.08 Å². The number of likely N-dealkylation sites (tertiary alicyclic amines) is 1. The van der Waals surface area contributed by atoms with Gasteiger partial charge in [0.05, 0.1) is 0 Å². The fourth-order valence-electron chi connectivity index (χ4n) is 1.94.